The number of aromatic carboxylic acids is 2. The molecule has 7 nitrogen and oxygen atoms in total. The Morgan fingerprint density at radius 1 is 0.623 bits per heavy atom. The van der Waals surface area contributed by atoms with Crippen molar-refractivity contribution in [1.29, 1.82) is 0 Å². The Morgan fingerprint density at radius 2 is 1.15 bits per heavy atom. The molecule has 13 heteroatoms. The molecule has 4 aromatic carbocycles. The number of benzene rings is 4. The van der Waals surface area contributed by atoms with E-state index in [-0.39, 0.29) is 45.8 Å². The first kappa shape index (κ1) is 37.7. The second-order valence-corrected chi connectivity index (χ2v) is 11.5. The summed E-state index contributed by atoms with van der Waals surface area (Å²) >= 11 is 0. The highest BCUT2D eigenvalue weighted by atomic mass is 19.2. The van der Waals surface area contributed by atoms with Crippen LogP contribution in [0.4, 0.5) is 26.3 Å². The molecule has 0 spiro atoms. The molecule has 0 amide bonds. The summed E-state index contributed by atoms with van der Waals surface area (Å²) in [4.78, 5) is 30.2. The van der Waals surface area contributed by atoms with Crippen LogP contribution >= 0.6 is 0 Å². The van der Waals surface area contributed by atoms with Crippen LogP contribution in [0, 0.1) is 41.8 Å². The van der Waals surface area contributed by atoms with Gasteiger partial charge in [-0.25, -0.2) is 35.9 Å². The summed E-state index contributed by atoms with van der Waals surface area (Å²) in [5.74, 6) is -10.2. The van der Waals surface area contributed by atoms with Gasteiger partial charge in [-0.05, 0) is 77.7 Å². The number of nitrogens with zero attached hydrogens (tertiary/aromatic N) is 2. The van der Waals surface area contributed by atoms with E-state index in [0.717, 1.165) is 11.1 Å². The molecule has 0 aliphatic rings. The van der Waals surface area contributed by atoms with Gasteiger partial charge in [-0.3, -0.25) is 9.97 Å². The number of aromatic nitrogens is 2. The maximum absolute atomic E-state index is 14.6. The van der Waals surface area contributed by atoms with Gasteiger partial charge in [-0.15, -0.1) is 0 Å². The fourth-order valence-electron chi connectivity index (χ4n) is 5.57. The maximum atomic E-state index is 14.6. The molecular formula is C40H28F6N2O5. The molecule has 2 aromatic heterocycles. The van der Waals surface area contributed by atoms with E-state index < -0.39 is 64.4 Å². The van der Waals surface area contributed by atoms with E-state index in [9.17, 15) is 41.0 Å². The van der Waals surface area contributed by atoms with Crippen molar-refractivity contribution < 1.29 is 50.9 Å². The number of pyridine rings is 2. The lowest BCUT2D eigenvalue weighted by atomic mass is 9.97. The summed E-state index contributed by atoms with van der Waals surface area (Å²) < 4.78 is 92.5. The number of ether oxygens (including phenoxy) is 1. The summed E-state index contributed by atoms with van der Waals surface area (Å²) in [5, 5.41) is 18.3. The van der Waals surface area contributed by atoms with Crippen LogP contribution in [0.5, 0.6) is 5.75 Å². The minimum Gasteiger partial charge on any atom is -0.497 e. The number of carboxylic acids is 2. The molecule has 0 atom stereocenters. The number of aryl methyl sites for hydroxylation is 1. The Hall–Kier alpha value is -6.50. The van der Waals surface area contributed by atoms with E-state index in [2.05, 4.69) is 9.97 Å². The number of halogens is 6. The predicted molar refractivity (Wildman–Crippen MR) is 183 cm³/mol. The highest BCUT2D eigenvalue weighted by molar-refractivity contribution is 5.89. The predicted octanol–water partition coefficient (Wildman–Crippen LogP) is 9.23. The smallest absolute Gasteiger partial charge is 0.337 e. The first-order valence-electron chi connectivity index (χ1n) is 15.7. The fourth-order valence-corrected chi connectivity index (χ4v) is 5.57. The molecule has 0 fully saturated rings. The average Bonchev–Trinajstić information content (AvgIpc) is 3.15. The Kier molecular flexibility index (Phi) is 11.6. The Morgan fingerprint density at radius 3 is 1.66 bits per heavy atom. The lowest BCUT2D eigenvalue weighted by molar-refractivity contribution is 0.0684. The molecule has 0 unspecified atom stereocenters. The first-order valence-corrected chi connectivity index (χ1v) is 15.7. The molecule has 6 aromatic rings. The van der Waals surface area contributed by atoms with Crippen LogP contribution in [0.3, 0.4) is 0 Å². The molecule has 6 rings (SSSR count). The average molecular weight is 731 g/mol. The van der Waals surface area contributed by atoms with Crippen molar-refractivity contribution in [1.82, 2.24) is 9.97 Å². The molecule has 2 N–H and O–H groups in total. The molecule has 53 heavy (non-hydrogen) atoms. The van der Waals surface area contributed by atoms with Crippen molar-refractivity contribution >= 4 is 11.9 Å². The molecule has 0 saturated carbocycles. The standard InChI is InChI=1S/C20H13F4NO3.C20H15F2NO2/c1-28-11-5-2-4-10(8-11)15-18(23)16(21)13(17(22)19(15)24)9-14-12(20(26)27)6-3-7-25-14;1-12-5-2-3-6-14(12)13-9-17(21)16(18(22)10-13)11-19-15(20(24)25)7-4-8-23-19/h2-8H,9H2,1H3,(H,26,27);2-10H,11H2,1H3,(H,24,25). The zero-order valence-electron chi connectivity index (χ0n) is 27.9. The van der Waals surface area contributed by atoms with Crippen LogP contribution in [0.1, 0.15) is 48.8 Å². The van der Waals surface area contributed by atoms with E-state index in [1.165, 1.54) is 80.2 Å². The molecule has 0 radical (unpaired) electrons. The van der Waals surface area contributed by atoms with Gasteiger partial charge in [0.05, 0.1) is 35.2 Å². The zero-order valence-corrected chi connectivity index (χ0v) is 27.9. The van der Waals surface area contributed by atoms with Gasteiger partial charge in [0.1, 0.15) is 17.4 Å². The second-order valence-electron chi connectivity index (χ2n) is 11.5. The van der Waals surface area contributed by atoms with Crippen molar-refractivity contribution in [3.05, 3.63) is 171 Å². The van der Waals surface area contributed by atoms with Gasteiger partial charge in [0.15, 0.2) is 23.3 Å². The number of hydrogen-bond donors (Lipinski definition) is 2. The zero-order chi connectivity index (χ0) is 38.4. The summed E-state index contributed by atoms with van der Waals surface area (Å²) in [5.41, 5.74) is -0.513. The number of rotatable bonds is 9. The van der Waals surface area contributed by atoms with Crippen molar-refractivity contribution in [3.63, 3.8) is 0 Å². The van der Waals surface area contributed by atoms with E-state index in [0.29, 0.717) is 5.56 Å². The third-order valence-corrected chi connectivity index (χ3v) is 8.24. The molecule has 2 heterocycles. The summed E-state index contributed by atoms with van der Waals surface area (Å²) in [7, 11) is 1.34. The van der Waals surface area contributed by atoms with E-state index in [1.807, 2.05) is 19.1 Å². The van der Waals surface area contributed by atoms with Gasteiger partial charge in [-0.2, -0.15) is 0 Å². The molecular weight excluding hydrogens is 702 g/mol. The van der Waals surface area contributed by atoms with E-state index in [1.54, 1.807) is 12.1 Å². The quantitative estimate of drug-likeness (QED) is 0.113. The van der Waals surface area contributed by atoms with Gasteiger partial charge in [-0.1, -0.05) is 36.4 Å². The SMILES string of the molecule is COc1cccc(-c2c(F)c(F)c(Cc3ncccc3C(=O)O)c(F)c2F)c1.Cc1ccccc1-c1cc(F)c(Cc2ncccc2C(=O)O)c(F)c1. The summed E-state index contributed by atoms with van der Waals surface area (Å²) in [6.07, 6.45) is 1.66. The van der Waals surface area contributed by atoms with Crippen LogP contribution < -0.4 is 4.74 Å². The van der Waals surface area contributed by atoms with Gasteiger partial charge >= 0.3 is 11.9 Å². The Bertz CT molecular complexity index is 2300. The van der Waals surface area contributed by atoms with Crippen LogP contribution in [0.25, 0.3) is 22.3 Å². The highest BCUT2D eigenvalue weighted by Crippen LogP contribution is 2.35. The van der Waals surface area contributed by atoms with Crippen LogP contribution in [0.15, 0.2) is 97.3 Å². The van der Waals surface area contributed by atoms with Crippen molar-refractivity contribution in [3.8, 4) is 28.0 Å². The van der Waals surface area contributed by atoms with Crippen molar-refractivity contribution in [2.24, 2.45) is 0 Å². The Balaban J connectivity index is 0.000000206. The molecule has 0 aliphatic heterocycles. The minimum absolute atomic E-state index is 0.0655. The number of methoxy groups -OCH3 is 1. The van der Waals surface area contributed by atoms with Crippen LogP contribution in [-0.2, 0) is 12.8 Å². The molecule has 0 saturated heterocycles. The van der Waals surface area contributed by atoms with E-state index in [4.69, 9.17) is 9.84 Å². The number of carbonyl (C=O) groups is 2. The lowest BCUT2D eigenvalue weighted by Crippen LogP contribution is -2.11. The van der Waals surface area contributed by atoms with Gasteiger partial charge < -0.3 is 14.9 Å². The van der Waals surface area contributed by atoms with Crippen molar-refractivity contribution in [2.75, 3.05) is 7.11 Å². The molecule has 270 valence electrons. The topological polar surface area (TPSA) is 110 Å². The Labute approximate surface area is 298 Å². The maximum Gasteiger partial charge on any atom is 0.337 e. The molecule has 0 aliphatic carbocycles. The van der Waals surface area contributed by atoms with Crippen LogP contribution in [0.2, 0.25) is 0 Å². The molecule has 0 bridgehead atoms. The largest absolute Gasteiger partial charge is 0.497 e. The fraction of sp³-hybridized carbons (Fsp3) is 0.100. The van der Waals surface area contributed by atoms with Gasteiger partial charge in [0, 0.05) is 36.4 Å². The lowest BCUT2D eigenvalue weighted by Gasteiger charge is -2.13. The summed E-state index contributed by atoms with van der Waals surface area (Å²) in [6, 6.07) is 20.6. The highest BCUT2D eigenvalue weighted by Gasteiger charge is 2.28. The number of carboxylic acid groups (broad SMARTS) is 2. The monoisotopic (exact) mass is 730 g/mol. The minimum atomic E-state index is -1.61. The van der Waals surface area contributed by atoms with Gasteiger partial charge in [0.2, 0.25) is 0 Å². The normalized spacial score (nSPS) is 10.7. The number of hydrogen-bond acceptors (Lipinski definition) is 5. The van der Waals surface area contributed by atoms with Crippen LogP contribution in [-0.4, -0.2) is 39.2 Å². The summed E-state index contributed by atoms with van der Waals surface area (Å²) in [6.45, 7) is 1.87. The third kappa shape index (κ3) is 8.19. The van der Waals surface area contributed by atoms with E-state index >= 15 is 0 Å². The second kappa shape index (κ2) is 16.2. The first-order chi connectivity index (χ1) is 25.3. The van der Waals surface area contributed by atoms with Gasteiger partial charge in [0.25, 0.3) is 0 Å². The third-order valence-electron chi connectivity index (χ3n) is 8.24. The van der Waals surface area contributed by atoms with Crippen molar-refractivity contribution in [2.45, 2.75) is 19.8 Å².